The number of anilines is 1. The molecular formula is C14H16N4O. The Hall–Kier alpha value is -2.40. The highest BCUT2D eigenvalue weighted by Gasteiger charge is 2.10. The van der Waals surface area contributed by atoms with E-state index in [9.17, 15) is 4.79 Å². The van der Waals surface area contributed by atoms with Crippen molar-refractivity contribution in [1.82, 2.24) is 10.3 Å². The third kappa shape index (κ3) is 3.29. The molecule has 1 aromatic carbocycles. The molecule has 0 spiro atoms. The Kier molecular flexibility index (Phi) is 4.10. The summed E-state index contributed by atoms with van der Waals surface area (Å²) in [6, 6.07) is 9.65. The number of aromatic nitrogens is 1. The van der Waals surface area contributed by atoms with E-state index in [1.54, 1.807) is 12.3 Å². The first-order chi connectivity index (χ1) is 9.20. The van der Waals surface area contributed by atoms with Crippen LogP contribution >= 0.6 is 0 Å². The number of amides is 1. The molecule has 0 fully saturated rings. The van der Waals surface area contributed by atoms with Crippen LogP contribution in [0.3, 0.4) is 0 Å². The number of hydrazine groups is 1. The van der Waals surface area contributed by atoms with Crippen molar-refractivity contribution in [2.45, 2.75) is 13.5 Å². The van der Waals surface area contributed by atoms with E-state index in [0.717, 1.165) is 5.56 Å². The molecule has 1 aromatic heterocycles. The fraction of sp³-hybridized carbons (Fsp3) is 0.143. The lowest BCUT2D eigenvalue weighted by Crippen LogP contribution is -2.25. The Morgan fingerprint density at radius 1 is 1.26 bits per heavy atom. The number of hydrogen-bond donors (Lipinski definition) is 3. The van der Waals surface area contributed by atoms with Crippen molar-refractivity contribution >= 4 is 11.6 Å². The summed E-state index contributed by atoms with van der Waals surface area (Å²) >= 11 is 0. The maximum atomic E-state index is 12.0. The zero-order chi connectivity index (χ0) is 13.7. The van der Waals surface area contributed by atoms with E-state index in [1.165, 1.54) is 11.8 Å². The second kappa shape index (κ2) is 5.97. The van der Waals surface area contributed by atoms with Gasteiger partial charge in [-0.1, -0.05) is 29.8 Å². The predicted molar refractivity (Wildman–Crippen MR) is 74.4 cm³/mol. The summed E-state index contributed by atoms with van der Waals surface area (Å²) in [4.78, 5) is 15.9. The third-order valence-corrected chi connectivity index (χ3v) is 2.79. The van der Waals surface area contributed by atoms with Gasteiger partial charge in [-0.05, 0) is 18.6 Å². The van der Waals surface area contributed by atoms with Crippen LogP contribution in [0.1, 0.15) is 21.5 Å². The lowest BCUT2D eigenvalue weighted by Gasteiger charge is -2.09. The van der Waals surface area contributed by atoms with Gasteiger partial charge in [0.05, 0.1) is 11.3 Å². The summed E-state index contributed by atoms with van der Waals surface area (Å²) in [5, 5.41) is 2.83. The van der Waals surface area contributed by atoms with Crippen LogP contribution in [0.5, 0.6) is 0 Å². The molecule has 98 valence electrons. The number of aryl methyl sites for hydroxylation is 1. The lowest BCUT2D eigenvalue weighted by molar-refractivity contribution is 0.0951. The molecule has 0 unspecified atom stereocenters. The molecule has 4 N–H and O–H groups in total. The van der Waals surface area contributed by atoms with Crippen LogP contribution in [0.25, 0.3) is 0 Å². The monoisotopic (exact) mass is 256 g/mol. The van der Waals surface area contributed by atoms with Gasteiger partial charge in [0.1, 0.15) is 0 Å². The van der Waals surface area contributed by atoms with Gasteiger partial charge in [-0.15, -0.1) is 0 Å². The molecule has 0 aliphatic carbocycles. The van der Waals surface area contributed by atoms with E-state index in [1.807, 2.05) is 31.2 Å². The smallest absolute Gasteiger partial charge is 0.255 e. The maximum absolute atomic E-state index is 12.0. The van der Waals surface area contributed by atoms with Crippen LogP contribution < -0.4 is 16.6 Å². The van der Waals surface area contributed by atoms with Gasteiger partial charge in [-0.25, -0.2) is 0 Å². The molecule has 1 amide bonds. The van der Waals surface area contributed by atoms with Crippen molar-refractivity contribution in [3.8, 4) is 0 Å². The van der Waals surface area contributed by atoms with Gasteiger partial charge in [0.2, 0.25) is 0 Å². The van der Waals surface area contributed by atoms with Crippen molar-refractivity contribution < 1.29 is 4.79 Å². The van der Waals surface area contributed by atoms with Crippen LogP contribution in [-0.4, -0.2) is 10.9 Å². The highest BCUT2D eigenvalue weighted by Crippen LogP contribution is 2.12. The van der Waals surface area contributed by atoms with Gasteiger partial charge in [0, 0.05) is 18.9 Å². The van der Waals surface area contributed by atoms with Crippen molar-refractivity contribution in [3.05, 3.63) is 59.4 Å². The van der Waals surface area contributed by atoms with E-state index in [2.05, 4.69) is 15.7 Å². The number of rotatable bonds is 4. The quantitative estimate of drug-likeness (QED) is 0.573. The van der Waals surface area contributed by atoms with Gasteiger partial charge in [0.15, 0.2) is 0 Å². The molecule has 0 bridgehead atoms. The number of carbonyl (C=O) groups excluding carboxylic acids is 1. The first-order valence-corrected chi connectivity index (χ1v) is 5.95. The zero-order valence-electron chi connectivity index (χ0n) is 10.7. The molecule has 5 nitrogen and oxygen atoms in total. The summed E-state index contributed by atoms with van der Waals surface area (Å²) in [7, 11) is 0. The minimum atomic E-state index is -0.207. The molecule has 0 aliphatic heterocycles. The number of benzene rings is 1. The average molecular weight is 256 g/mol. The fourth-order valence-electron chi connectivity index (χ4n) is 1.68. The Morgan fingerprint density at radius 3 is 2.68 bits per heavy atom. The van der Waals surface area contributed by atoms with Crippen LogP contribution in [0, 0.1) is 6.92 Å². The first-order valence-electron chi connectivity index (χ1n) is 5.95. The van der Waals surface area contributed by atoms with Gasteiger partial charge in [0.25, 0.3) is 5.91 Å². The largest absolute Gasteiger partial charge is 0.348 e. The third-order valence-electron chi connectivity index (χ3n) is 2.79. The number of nitrogen functional groups attached to an aromatic ring is 1. The van der Waals surface area contributed by atoms with Crippen LogP contribution in [0.4, 0.5) is 5.69 Å². The molecule has 19 heavy (non-hydrogen) atoms. The van der Waals surface area contributed by atoms with Crippen molar-refractivity contribution in [1.29, 1.82) is 0 Å². The summed E-state index contributed by atoms with van der Waals surface area (Å²) < 4.78 is 0. The first kappa shape index (κ1) is 13.0. The number of nitrogens with two attached hydrogens (primary N) is 1. The fourth-order valence-corrected chi connectivity index (χ4v) is 1.68. The Bertz CT molecular complexity index is 566. The Morgan fingerprint density at radius 2 is 2.00 bits per heavy atom. The number of pyridine rings is 1. The predicted octanol–water partition coefficient (Wildman–Crippen LogP) is 1.61. The van der Waals surface area contributed by atoms with Crippen LogP contribution in [0.2, 0.25) is 0 Å². The van der Waals surface area contributed by atoms with Crippen LogP contribution in [0.15, 0.2) is 42.7 Å². The molecule has 2 rings (SSSR count). The topological polar surface area (TPSA) is 80.0 Å². The number of nitrogens with zero attached hydrogens (tertiary/aromatic N) is 1. The molecule has 1 heterocycles. The lowest BCUT2D eigenvalue weighted by atomic mass is 10.1. The van der Waals surface area contributed by atoms with Gasteiger partial charge >= 0.3 is 0 Å². The SMILES string of the molecule is Cc1ccc(CNC(=O)c2cnccc2NN)cc1. The number of carbonyl (C=O) groups is 1. The van der Waals surface area contributed by atoms with Gasteiger partial charge < -0.3 is 10.7 Å². The number of nitrogens with one attached hydrogen (secondary N) is 2. The zero-order valence-corrected chi connectivity index (χ0v) is 10.7. The minimum absolute atomic E-state index is 0.207. The maximum Gasteiger partial charge on any atom is 0.255 e. The van der Waals surface area contributed by atoms with E-state index in [0.29, 0.717) is 17.8 Å². The summed E-state index contributed by atoms with van der Waals surface area (Å²) in [5.41, 5.74) is 5.70. The average Bonchev–Trinajstić information content (AvgIpc) is 2.46. The molecule has 0 saturated carbocycles. The summed E-state index contributed by atoms with van der Waals surface area (Å²) in [6.45, 7) is 2.50. The van der Waals surface area contributed by atoms with Crippen molar-refractivity contribution in [3.63, 3.8) is 0 Å². The molecule has 5 heteroatoms. The highest BCUT2D eigenvalue weighted by atomic mass is 16.1. The highest BCUT2D eigenvalue weighted by molar-refractivity contribution is 5.99. The second-order valence-electron chi connectivity index (χ2n) is 4.23. The number of hydrogen-bond acceptors (Lipinski definition) is 4. The molecule has 2 aromatic rings. The molecule has 0 saturated heterocycles. The Labute approximate surface area is 111 Å². The summed E-state index contributed by atoms with van der Waals surface area (Å²) in [6.07, 6.45) is 3.06. The van der Waals surface area contributed by atoms with Crippen molar-refractivity contribution in [2.75, 3.05) is 5.43 Å². The minimum Gasteiger partial charge on any atom is -0.348 e. The summed E-state index contributed by atoms with van der Waals surface area (Å²) in [5.74, 6) is 5.15. The van der Waals surface area contributed by atoms with Crippen LogP contribution in [-0.2, 0) is 6.54 Å². The van der Waals surface area contributed by atoms with E-state index in [4.69, 9.17) is 5.84 Å². The standard InChI is InChI=1S/C14H16N4O/c1-10-2-4-11(5-3-10)8-17-14(19)12-9-16-7-6-13(12)18-15/h2-7,9H,8,15H2,1H3,(H,16,18)(H,17,19). The van der Waals surface area contributed by atoms with E-state index < -0.39 is 0 Å². The van der Waals surface area contributed by atoms with Crippen molar-refractivity contribution in [2.24, 2.45) is 5.84 Å². The molecule has 0 aliphatic rings. The molecular weight excluding hydrogens is 240 g/mol. The van der Waals surface area contributed by atoms with E-state index >= 15 is 0 Å². The second-order valence-corrected chi connectivity index (χ2v) is 4.23. The Balaban J connectivity index is 2.03. The molecule has 0 atom stereocenters. The van der Waals surface area contributed by atoms with Gasteiger partial charge in [-0.3, -0.25) is 15.6 Å². The van der Waals surface area contributed by atoms with E-state index in [-0.39, 0.29) is 5.91 Å². The molecule has 0 radical (unpaired) electrons. The van der Waals surface area contributed by atoms with Gasteiger partial charge in [-0.2, -0.15) is 0 Å². The normalized spacial score (nSPS) is 10.0.